The van der Waals surface area contributed by atoms with Crippen molar-refractivity contribution in [3.63, 3.8) is 0 Å². The van der Waals surface area contributed by atoms with Crippen molar-refractivity contribution in [3.8, 4) is 0 Å². The highest BCUT2D eigenvalue weighted by Crippen LogP contribution is 2.34. The first-order valence-corrected chi connectivity index (χ1v) is 8.50. The van der Waals surface area contributed by atoms with Crippen molar-refractivity contribution in [2.75, 3.05) is 11.9 Å². The molecule has 0 unspecified atom stereocenters. The number of thiazole rings is 1. The first-order valence-electron chi connectivity index (χ1n) is 6.87. The molecule has 0 spiro atoms. The molecule has 2 heterocycles. The first-order chi connectivity index (χ1) is 11.3. The fourth-order valence-corrected chi connectivity index (χ4v) is 3.85. The van der Waals surface area contributed by atoms with Gasteiger partial charge in [0.05, 0.1) is 17.0 Å². The van der Waals surface area contributed by atoms with Gasteiger partial charge in [0.1, 0.15) is 9.88 Å². The molecular formula is C14H15N3O5S2. The number of carbonyl (C=O) groups excluding carboxylic acids is 3. The monoisotopic (exact) mass is 369 g/mol. The van der Waals surface area contributed by atoms with Gasteiger partial charge in [-0.05, 0) is 26.3 Å². The number of nitrogens with one attached hydrogen (secondary N) is 2. The molecule has 0 saturated heterocycles. The quantitative estimate of drug-likeness (QED) is 0.690. The van der Waals surface area contributed by atoms with E-state index in [0.717, 1.165) is 22.7 Å². The molecule has 0 aromatic carbocycles. The Labute approximate surface area is 144 Å². The molecule has 8 nitrogen and oxygen atoms in total. The highest BCUT2D eigenvalue weighted by molar-refractivity contribution is 7.19. The topological polar surface area (TPSA) is 131 Å². The molecule has 0 saturated carbocycles. The van der Waals surface area contributed by atoms with Crippen molar-refractivity contribution < 1.29 is 19.1 Å². The summed E-state index contributed by atoms with van der Waals surface area (Å²) >= 11 is 1.65. The minimum Gasteiger partial charge on any atom is -0.462 e. The number of carbonyl (C=O) groups is 3. The van der Waals surface area contributed by atoms with Crippen molar-refractivity contribution >= 4 is 45.5 Å². The third kappa shape index (κ3) is 3.39. The van der Waals surface area contributed by atoms with Gasteiger partial charge in [-0.3, -0.25) is 14.4 Å². The number of hydrogen-bond donors (Lipinski definition) is 3. The molecule has 2 aromatic rings. The number of aromatic amines is 1. The van der Waals surface area contributed by atoms with Gasteiger partial charge in [-0.15, -0.1) is 11.3 Å². The van der Waals surface area contributed by atoms with Gasteiger partial charge in [0.2, 0.25) is 0 Å². The molecular weight excluding hydrogens is 354 g/mol. The van der Waals surface area contributed by atoms with E-state index < -0.39 is 17.8 Å². The summed E-state index contributed by atoms with van der Waals surface area (Å²) in [6, 6.07) is 0. The molecule has 0 aliphatic rings. The van der Waals surface area contributed by atoms with Gasteiger partial charge < -0.3 is 20.8 Å². The summed E-state index contributed by atoms with van der Waals surface area (Å²) in [7, 11) is 0. The van der Waals surface area contributed by atoms with Crippen molar-refractivity contribution in [1.29, 1.82) is 0 Å². The summed E-state index contributed by atoms with van der Waals surface area (Å²) in [5.41, 5.74) is 6.16. The van der Waals surface area contributed by atoms with E-state index in [2.05, 4.69) is 10.3 Å². The Bertz CT molecular complexity index is 878. The zero-order chi connectivity index (χ0) is 18.0. The lowest BCUT2D eigenvalue weighted by Crippen LogP contribution is -2.15. The molecule has 128 valence electrons. The Balaban J connectivity index is 2.45. The predicted octanol–water partition coefficient (Wildman–Crippen LogP) is 1.64. The van der Waals surface area contributed by atoms with E-state index in [9.17, 15) is 19.2 Å². The number of nitrogens with two attached hydrogens (primary N) is 1. The highest BCUT2D eigenvalue weighted by Gasteiger charge is 2.26. The van der Waals surface area contributed by atoms with Crippen LogP contribution in [0.3, 0.4) is 0 Å². The number of thiophene rings is 1. The van der Waals surface area contributed by atoms with Crippen LogP contribution in [0.15, 0.2) is 4.79 Å². The van der Waals surface area contributed by atoms with E-state index in [0.29, 0.717) is 11.3 Å². The van der Waals surface area contributed by atoms with E-state index in [1.807, 2.05) is 0 Å². The SMILES string of the molecule is CCOC(=O)c1c(NC(=O)c2sc(=O)[nH]c2C)sc(C(N)=O)c1C. The van der Waals surface area contributed by atoms with Gasteiger partial charge in [0, 0.05) is 5.69 Å². The summed E-state index contributed by atoms with van der Waals surface area (Å²) in [5, 5.41) is 2.72. The lowest BCUT2D eigenvalue weighted by Gasteiger charge is -2.06. The number of H-pyrrole nitrogens is 1. The summed E-state index contributed by atoms with van der Waals surface area (Å²) < 4.78 is 4.97. The largest absolute Gasteiger partial charge is 0.462 e. The van der Waals surface area contributed by atoms with E-state index in [1.54, 1.807) is 20.8 Å². The maximum Gasteiger partial charge on any atom is 0.341 e. The van der Waals surface area contributed by atoms with E-state index in [-0.39, 0.29) is 31.8 Å². The lowest BCUT2D eigenvalue weighted by atomic mass is 10.1. The summed E-state index contributed by atoms with van der Waals surface area (Å²) in [6.07, 6.45) is 0. The molecule has 0 aliphatic heterocycles. The lowest BCUT2D eigenvalue weighted by molar-refractivity contribution is 0.0527. The van der Waals surface area contributed by atoms with Gasteiger partial charge in [-0.25, -0.2) is 4.79 Å². The molecule has 2 aromatic heterocycles. The molecule has 2 amide bonds. The van der Waals surface area contributed by atoms with Crippen LogP contribution in [0.2, 0.25) is 0 Å². The van der Waals surface area contributed by atoms with Gasteiger partial charge in [0.15, 0.2) is 0 Å². The molecule has 24 heavy (non-hydrogen) atoms. The normalized spacial score (nSPS) is 10.5. The van der Waals surface area contributed by atoms with Crippen molar-refractivity contribution in [1.82, 2.24) is 4.98 Å². The molecule has 0 aliphatic carbocycles. The summed E-state index contributed by atoms with van der Waals surface area (Å²) in [6.45, 7) is 4.94. The summed E-state index contributed by atoms with van der Waals surface area (Å²) in [4.78, 5) is 49.8. The zero-order valence-corrected chi connectivity index (χ0v) is 14.8. The number of primary amides is 1. The average Bonchev–Trinajstić information content (AvgIpc) is 2.98. The second-order valence-electron chi connectivity index (χ2n) is 4.77. The average molecular weight is 369 g/mol. The molecule has 0 radical (unpaired) electrons. The van der Waals surface area contributed by atoms with Gasteiger partial charge in [0.25, 0.3) is 11.8 Å². The smallest absolute Gasteiger partial charge is 0.341 e. The molecule has 0 bridgehead atoms. The Morgan fingerprint density at radius 3 is 2.38 bits per heavy atom. The first kappa shape index (κ1) is 17.9. The predicted molar refractivity (Wildman–Crippen MR) is 91.2 cm³/mol. The molecule has 0 fully saturated rings. The second-order valence-corrected chi connectivity index (χ2v) is 6.77. The van der Waals surface area contributed by atoms with E-state index >= 15 is 0 Å². The van der Waals surface area contributed by atoms with E-state index in [4.69, 9.17) is 10.5 Å². The van der Waals surface area contributed by atoms with Crippen LogP contribution in [0.4, 0.5) is 5.00 Å². The summed E-state index contributed by atoms with van der Waals surface area (Å²) in [5.74, 6) is -1.92. The van der Waals surface area contributed by atoms with Crippen molar-refractivity contribution in [2.24, 2.45) is 5.73 Å². The van der Waals surface area contributed by atoms with Crippen LogP contribution < -0.4 is 15.9 Å². The van der Waals surface area contributed by atoms with Crippen LogP contribution in [-0.2, 0) is 4.74 Å². The van der Waals surface area contributed by atoms with E-state index in [1.165, 1.54) is 0 Å². The Morgan fingerprint density at radius 2 is 1.88 bits per heavy atom. The molecule has 2 rings (SSSR count). The number of rotatable bonds is 5. The van der Waals surface area contributed by atoms with Crippen LogP contribution in [-0.4, -0.2) is 29.4 Å². The number of hydrogen-bond acceptors (Lipinski definition) is 7. The third-order valence-corrected chi connectivity index (χ3v) is 5.31. The number of anilines is 1. The van der Waals surface area contributed by atoms with Crippen molar-refractivity contribution in [3.05, 3.63) is 36.2 Å². The number of amides is 2. The number of aryl methyl sites for hydroxylation is 1. The molecule has 4 N–H and O–H groups in total. The Kier molecular flexibility index (Phi) is 5.20. The van der Waals surface area contributed by atoms with Crippen LogP contribution in [0.25, 0.3) is 0 Å². The number of aromatic nitrogens is 1. The maximum absolute atomic E-state index is 12.4. The standard InChI is InChI=1S/C14H15N3O5S2/c1-4-22-13(20)7-5(2)8(10(15)18)23-12(7)17-11(19)9-6(3)16-14(21)24-9/h4H2,1-3H3,(H2,15,18)(H,16,21)(H,17,19). The minimum atomic E-state index is -0.703. The fourth-order valence-electron chi connectivity index (χ4n) is 2.07. The fraction of sp³-hybridized carbons (Fsp3) is 0.286. The molecule has 0 atom stereocenters. The number of ether oxygens (including phenoxy) is 1. The second kappa shape index (κ2) is 6.97. The number of esters is 1. The van der Waals surface area contributed by atoms with Crippen LogP contribution in [0, 0.1) is 13.8 Å². The minimum absolute atomic E-state index is 0.0875. The maximum atomic E-state index is 12.4. The van der Waals surface area contributed by atoms with Gasteiger partial charge in [-0.2, -0.15) is 0 Å². The van der Waals surface area contributed by atoms with Gasteiger partial charge >= 0.3 is 10.8 Å². The van der Waals surface area contributed by atoms with Crippen LogP contribution >= 0.6 is 22.7 Å². The highest BCUT2D eigenvalue weighted by atomic mass is 32.1. The van der Waals surface area contributed by atoms with Crippen LogP contribution in [0.5, 0.6) is 0 Å². The Hall–Kier alpha value is -2.46. The molecule has 10 heteroatoms. The Morgan fingerprint density at radius 1 is 1.21 bits per heavy atom. The zero-order valence-electron chi connectivity index (χ0n) is 13.1. The van der Waals surface area contributed by atoms with Gasteiger partial charge in [-0.1, -0.05) is 11.3 Å². The van der Waals surface area contributed by atoms with Crippen LogP contribution in [0.1, 0.15) is 47.9 Å². The van der Waals surface area contributed by atoms with Crippen molar-refractivity contribution in [2.45, 2.75) is 20.8 Å². The third-order valence-electron chi connectivity index (χ3n) is 3.11.